The third kappa shape index (κ3) is 5.45. The van der Waals surface area contributed by atoms with E-state index in [-0.39, 0.29) is 0 Å². The molecule has 0 aliphatic carbocycles. The number of aliphatic imine (C=N–C) groups is 1. The Morgan fingerprint density at radius 2 is 2.23 bits per heavy atom. The summed E-state index contributed by atoms with van der Waals surface area (Å²) >= 11 is 1.41. The minimum atomic E-state index is -0.493. The molecule has 0 radical (unpaired) electrons. The average molecular weight is 355 g/mol. The summed E-state index contributed by atoms with van der Waals surface area (Å²) in [5.74, 6) is -0.493. The van der Waals surface area contributed by atoms with Crippen LogP contribution in [-0.4, -0.2) is 36.7 Å². The van der Waals surface area contributed by atoms with Crippen molar-refractivity contribution in [3.05, 3.63) is 0 Å². The van der Waals surface area contributed by atoms with Gasteiger partial charge in [-0.2, -0.15) is 0 Å². The van der Waals surface area contributed by atoms with Gasteiger partial charge in [-0.15, -0.1) is 0 Å². The number of hydrogen-bond acceptors (Lipinski definition) is 3. The molecule has 0 spiro atoms. The van der Waals surface area contributed by atoms with Crippen LogP contribution in [0.3, 0.4) is 0 Å². The fraction of sp³-hybridized carbons (Fsp3) is 0.778. The van der Waals surface area contributed by atoms with Gasteiger partial charge in [0, 0.05) is 0 Å². The molecule has 0 aliphatic heterocycles. The van der Waals surface area contributed by atoms with Crippen molar-refractivity contribution in [2.45, 2.75) is 26.1 Å². The fourth-order valence-electron chi connectivity index (χ4n) is 0.994. The summed E-state index contributed by atoms with van der Waals surface area (Å²) < 4.78 is 12.0. The molecule has 4 heteroatoms. The zero-order valence-corrected chi connectivity index (χ0v) is 11.6. The normalized spacial score (nSPS) is 16.0. The SMILES string of the molecule is CCOC(C)(C[C](=[W])C=NC)OC. The molecule has 0 saturated carbocycles. The molecule has 13 heavy (non-hydrogen) atoms. The van der Waals surface area contributed by atoms with Gasteiger partial charge in [0.1, 0.15) is 0 Å². The summed E-state index contributed by atoms with van der Waals surface area (Å²) in [5, 5.41) is 0. The third-order valence-electron chi connectivity index (χ3n) is 1.65. The molecule has 1 atom stereocenters. The van der Waals surface area contributed by atoms with E-state index in [0.717, 1.165) is 6.42 Å². The van der Waals surface area contributed by atoms with Crippen molar-refractivity contribution in [3.8, 4) is 0 Å². The molecule has 1 unspecified atom stereocenters. The molecule has 0 aromatic carbocycles. The maximum atomic E-state index is 5.50. The van der Waals surface area contributed by atoms with Crippen LogP contribution in [0.5, 0.6) is 0 Å². The van der Waals surface area contributed by atoms with Crippen LogP contribution in [0.1, 0.15) is 20.3 Å². The molecule has 0 rings (SSSR count). The van der Waals surface area contributed by atoms with Crippen LogP contribution in [-0.2, 0) is 28.8 Å². The van der Waals surface area contributed by atoms with E-state index in [1.54, 1.807) is 14.2 Å². The first-order valence-electron chi connectivity index (χ1n) is 4.22. The molecule has 76 valence electrons. The van der Waals surface area contributed by atoms with Crippen molar-refractivity contribution < 1.29 is 28.8 Å². The topological polar surface area (TPSA) is 30.8 Å². The predicted octanol–water partition coefficient (Wildman–Crippen LogP) is 1.20. The third-order valence-corrected chi connectivity index (χ3v) is 2.55. The number of ether oxygens (including phenoxy) is 2. The summed E-state index contributed by atoms with van der Waals surface area (Å²) in [6.07, 6.45) is 2.65. The van der Waals surface area contributed by atoms with Crippen LogP contribution in [0, 0.1) is 0 Å². The zero-order valence-electron chi connectivity index (χ0n) is 8.66. The van der Waals surface area contributed by atoms with E-state index in [4.69, 9.17) is 9.47 Å². The Morgan fingerprint density at radius 1 is 1.62 bits per heavy atom. The van der Waals surface area contributed by atoms with Crippen molar-refractivity contribution in [1.29, 1.82) is 0 Å². The van der Waals surface area contributed by atoms with Gasteiger partial charge in [-0.1, -0.05) is 0 Å². The van der Waals surface area contributed by atoms with Gasteiger partial charge in [-0.05, 0) is 0 Å². The number of hydrogen-bond donors (Lipinski definition) is 0. The van der Waals surface area contributed by atoms with E-state index in [2.05, 4.69) is 4.99 Å². The Labute approximate surface area is 90.9 Å². The van der Waals surface area contributed by atoms with Crippen LogP contribution in [0.4, 0.5) is 0 Å². The van der Waals surface area contributed by atoms with Gasteiger partial charge >= 0.3 is 90.8 Å². The fourth-order valence-corrected chi connectivity index (χ4v) is 2.31. The zero-order chi connectivity index (χ0) is 10.3. The van der Waals surface area contributed by atoms with Crippen LogP contribution in [0.2, 0.25) is 0 Å². The van der Waals surface area contributed by atoms with Crippen LogP contribution in [0.15, 0.2) is 4.99 Å². The summed E-state index contributed by atoms with van der Waals surface area (Å²) in [7, 11) is 3.44. The molecule has 0 amide bonds. The van der Waals surface area contributed by atoms with E-state index in [0.29, 0.717) is 6.61 Å². The molecule has 3 nitrogen and oxygen atoms in total. The van der Waals surface area contributed by atoms with Gasteiger partial charge in [-0.3, -0.25) is 0 Å². The Balaban J connectivity index is 4.17. The Kier molecular flexibility index (Phi) is 6.65. The first-order valence-corrected chi connectivity index (χ1v) is 5.68. The van der Waals surface area contributed by atoms with E-state index in [1.807, 2.05) is 20.1 Å². The van der Waals surface area contributed by atoms with Crippen LogP contribution < -0.4 is 0 Å². The van der Waals surface area contributed by atoms with Gasteiger partial charge in [0.15, 0.2) is 0 Å². The van der Waals surface area contributed by atoms with E-state index < -0.39 is 5.79 Å². The van der Waals surface area contributed by atoms with Gasteiger partial charge in [0.2, 0.25) is 0 Å². The van der Waals surface area contributed by atoms with Gasteiger partial charge in [-0.25, -0.2) is 0 Å². The number of methoxy groups -OCH3 is 1. The maximum absolute atomic E-state index is 5.50. The molecule has 0 aliphatic rings. The molecule has 0 bridgehead atoms. The Bertz CT molecular complexity index is 194. The van der Waals surface area contributed by atoms with Gasteiger partial charge in [0.25, 0.3) is 0 Å². The number of rotatable bonds is 6. The Morgan fingerprint density at radius 3 is 2.62 bits per heavy atom. The summed E-state index contributed by atoms with van der Waals surface area (Å²) in [5.41, 5.74) is 0. The van der Waals surface area contributed by atoms with E-state index >= 15 is 0 Å². The molecule has 0 aromatic heterocycles. The molecular weight excluding hydrogens is 338 g/mol. The molecule has 0 heterocycles. The van der Waals surface area contributed by atoms with Crippen molar-refractivity contribution >= 4 is 10.1 Å². The molecule has 0 fully saturated rings. The standard InChI is InChI=1S/C9H17NO2.W/c1-5-12-9(2,11-4)7-6-8-10-3;/h8H,5,7H2,1-4H3;. The van der Waals surface area contributed by atoms with E-state index in [9.17, 15) is 0 Å². The molecular formula is C9H17NO2W. The summed E-state index contributed by atoms with van der Waals surface area (Å²) in [4.78, 5) is 3.96. The second-order valence-corrected chi connectivity index (χ2v) is 4.69. The quantitative estimate of drug-likeness (QED) is 0.530. The second-order valence-electron chi connectivity index (χ2n) is 2.80. The summed E-state index contributed by atoms with van der Waals surface area (Å²) in [6.45, 7) is 4.58. The minimum absolute atomic E-state index is 0.493. The first kappa shape index (κ1) is 13.1. The van der Waals surface area contributed by atoms with Gasteiger partial charge in [0.05, 0.1) is 0 Å². The second kappa shape index (κ2) is 6.58. The molecule has 0 saturated heterocycles. The van der Waals surface area contributed by atoms with Gasteiger partial charge < -0.3 is 0 Å². The first-order chi connectivity index (χ1) is 6.08. The van der Waals surface area contributed by atoms with Crippen molar-refractivity contribution in [2.24, 2.45) is 4.99 Å². The van der Waals surface area contributed by atoms with E-state index in [1.165, 1.54) is 23.3 Å². The Hall–Kier alpha value is 0.148. The molecule has 0 aromatic rings. The molecule has 0 N–H and O–H groups in total. The predicted molar refractivity (Wildman–Crippen MR) is 51.1 cm³/mol. The van der Waals surface area contributed by atoms with Crippen molar-refractivity contribution in [1.82, 2.24) is 0 Å². The monoisotopic (exact) mass is 355 g/mol. The van der Waals surface area contributed by atoms with Crippen molar-refractivity contribution in [3.63, 3.8) is 0 Å². The van der Waals surface area contributed by atoms with Crippen molar-refractivity contribution in [2.75, 3.05) is 20.8 Å². The summed E-state index contributed by atoms with van der Waals surface area (Å²) in [6, 6.07) is 0. The van der Waals surface area contributed by atoms with Crippen LogP contribution >= 0.6 is 0 Å². The van der Waals surface area contributed by atoms with Crippen LogP contribution in [0.25, 0.3) is 0 Å². The number of nitrogens with zero attached hydrogens (tertiary/aromatic N) is 1. The average Bonchev–Trinajstić information content (AvgIpc) is 2.05.